The Labute approximate surface area is 130 Å². The summed E-state index contributed by atoms with van der Waals surface area (Å²) < 4.78 is 13.8. The van der Waals surface area contributed by atoms with E-state index < -0.39 is 0 Å². The number of rotatable bonds is 6. The number of hydrogen-bond acceptors (Lipinski definition) is 2. The molecule has 0 saturated heterocycles. The van der Waals surface area contributed by atoms with Crippen molar-refractivity contribution >= 4 is 11.6 Å². The summed E-state index contributed by atoms with van der Waals surface area (Å²) in [6.07, 6.45) is 5.11. The Morgan fingerprint density at radius 3 is 2.81 bits per heavy atom. The molecule has 2 rings (SSSR count). The van der Waals surface area contributed by atoms with E-state index in [1.54, 1.807) is 25.4 Å². The van der Waals surface area contributed by atoms with E-state index in [0.29, 0.717) is 17.0 Å². The minimum Gasteiger partial charge on any atom is -0.310 e. The highest BCUT2D eigenvalue weighted by Gasteiger charge is 2.14. The molecular formula is C17H20ClFN2. The summed E-state index contributed by atoms with van der Waals surface area (Å²) in [5.74, 6) is -0.170. The molecule has 4 heteroatoms. The number of hydrogen-bond donors (Lipinski definition) is 1. The molecule has 0 aliphatic carbocycles. The minimum atomic E-state index is -0.170. The molecular weight excluding hydrogens is 287 g/mol. The molecule has 2 aromatic rings. The third-order valence-corrected chi connectivity index (χ3v) is 3.86. The van der Waals surface area contributed by atoms with Crippen LogP contribution >= 0.6 is 11.6 Å². The predicted octanol–water partition coefficient (Wildman–Crippen LogP) is 4.47. The van der Waals surface area contributed by atoms with Gasteiger partial charge in [-0.2, -0.15) is 0 Å². The Morgan fingerprint density at radius 1 is 1.33 bits per heavy atom. The Balaban J connectivity index is 2.25. The first-order chi connectivity index (χ1) is 10.1. The molecule has 0 fully saturated rings. The number of pyridine rings is 1. The van der Waals surface area contributed by atoms with Crippen molar-refractivity contribution in [3.05, 3.63) is 64.2 Å². The lowest BCUT2D eigenvalue weighted by Gasteiger charge is -2.20. The molecule has 1 heterocycles. The van der Waals surface area contributed by atoms with E-state index in [-0.39, 0.29) is 11.9 Å². The number of benzene rings is 1. The Bertz CT molecular complexity index is 601. The number of nitrogens with zero attached hydrogens (tertiary/aromatic N) is 1. The first-order valence-electron chi connectivity index (χ1n) is 7.19. The number of nitrogens with one attached hydrogen (secondary N) is 1. The Hall–Kier alpha value is -1.45. The molecule has 0 amide bonds. The van der Waals surface area contributed by atoms with E-state index in [1.807, 2.05) is 18.2 Å². The summed E-state index contributed by atoms with van der Waals surface area (Å²) >= 11 is 6.18. The molecule has 0 radical (unpaired) electrons. The fourth-order valence-electron chi connectivity index (χ4n) is 2.24. The average molecular weight is 307 g/mol. The second kappa shape index (κ2) is 7.53. The molecule has 21 heavy (non-hydrogen) atoms. The zero-order chi connectivity index (χ0) is 15.2. The van der Waals surface area contributed by atoms with Crippen molar-refractivity contribution in [2.45, 2.75) is 32.7 Å². The molecule has 1 N–H and O–H groups in total. The van der Waals surface area contributed by atoms with Crippen LogP contribution in [0.15, 0.2) is 36.7 Å². The van der Waals surface area contributed by atoms with Crippen LogP contribution in [0.1, 0.15) is 36.1 Å². The van der Waals surface area contributed by atoms with Gasteiger partial charge < -0.3 is 5.32 Å². The maximum atomic E-state index is 13.8. The van der Waals surface area contributed by atoms with Crippen LogP contribution in [0, 0.1) is 12.7 Å². The molecule has 0 aliphatic heterocycles. The topological polar surface area (TPSA) is 24.9 Å². The van der Waals surface area contributed by atoms with Crippen LogP contribution in [0.2, 0.25) is 5.02 Å². The zero-order valence-corrected chi connectivity index (χ0v) is 13.1. The van der Waals surface area contributed by atoms with Gasteiger partial charge in [-0.05, 0) is 55.1 Å². The van der Waals surface area contributed by atoms with Gasteiger partial charge in [0.25, 0.3) is 0 Å². The molecule has 1 aromatic carbocycles. The van der Waals surface area contributed by atoms with Crippen molar-refractivity contribution < 1.29 is 4.39 Å². The van der Waals surface area contributed by atoms with E-state index in [4.69, 9.17) is 11.6 Å². The van der Waals surface area contributed by atoms with Crippen LogP contribution in [0.4, 0.5) is 4.39 Å². The lowest BCUT2D eigenvalue weighted by Crippen LogP contribution is -2.24. The first-order valence-corrected chi connectivity index (χ1v) is 7.57. The van der Waals surface area contributed by atoms with Gasteiger partial charge in [0.1, 0.15) is 5.82 Å². The molecule has 112 valence electrons. The van der Waals surface area contributed by atoms with Crippen LogP contribution in [-0.4, -0.2) is 11.5 Å². The van der Waals surface area contributed by atoms with Gasteiger partial charge in [-0.25, -0.2) is 4.39 Å². The smallest absolute Gasteiger partial charge is 0.126 e. The maximum Gasteiger partial charge on any atom is 0.126 e. The fraction of sp³-hybridized carbons (Fsp3) is 0.353. The van der Waals surface area contributed by atoms with Crippen molar-refractivity contribution in [2.24, 2.45) is 0 Å². The van der Waals surface area contributed by atoms with E-state index in [9.17, 15) is 4.39 Å². The van der Waals surface area contributed by atoms with Crippen LogP contribution in [-0.2, 0) is 6.42 Å². The fourth-order valence-corrected chi connectivity index (χ4v) is 2.44. The third kappa shape index (κ3) is 4.26. The highest BCUT2D eigenvalue weighted by atomic mass is 35.5. The second-order valence-corrected chi connectivity index (χ2v) is 5.59. The second-order valence-electron chi connectivity index (χ2n) is 5.19. The van der Waals surface area contributed by atoms with Gasteiger partial charge in [0.2, 0.25) is 0 Å². The summed E-state index contributed by atoms with van der Waals surface area (Å²) in [6.45, 7) is 4.76. The normalized spacial score (nSPS) is 12.4. The van der Waals surface area contributed by atoms with Crippen molar-refractivity contribution in [2.75, 3.05) is 6.54 Å². The van der Waals surface area contributed by atoms with Gasteiger partial charge in [-0.3, -0.25) is 4.98 Å². The van der Waals surface area contributed by atoms with E-state index in [1.165, 1.54) is 0 Å². The Morgan fingerprint density at radius 2 is 2.14 bits per heavy atom. The van der Waals surface area contributed by atoms with E-state index in [0.717, 1.165) is 24.1 Å². The third-order valence-electron chi connectivity index (χ3n) is 3.52. The van der Waals surface area contributed by atoms with Gasteiger partial charge in [0.15, 0.2) is 0 Å². The van der Waals surface area contributed by atoms with Crippen molar-refractivity contribution in [3.63, 3.8) is 0 Å². The predicted molar refractivity (Wildman–Crippen MR) is 85.1 cm³/mol. The summed E-state index contributed by atoms with van der Waals surface area (Å²) in [5.41, 5.74) is 2.62. The molecule has 2 nitrogen and oxygen atoms in total. The molecule has 1 unspecified atom stereocenters. The summed E-state index contributed by atoms with van der Waals surface area (Å²) in [6, 6.07) is 7.35. The van der Waals surface area contributed by atoms with Crippen molar-refractivity contribution in [3.8, 4) is 0 Å². The van der Waals surface area contributed by atoms with Gasteiger partial charge in [-0.1, -0.05) is 30.7 Å². The summed E-state index contributed by atoms with van der Waals surface area (Å²) in [4.78, 5) is 4.00. The maximum absolute atomic E-state index is 13.8. The van der Waals surface area contributed by atoms with E-state index >= 15 is 0 Å². The molecule has 0 bridgehead atoms. The van der Waals surface area contributed by atoms with Gasteiger partial charge >= 0.3 is 0 Å². The molecule has 0 spiro atoms. The molecule has 1 aromatic heterocycles. The van der Waals surface area contributed by atoms with Gasteiger partial charge in [-0.15, -0.1) is 0 Å². The van der Waals surface area contributed by atoms with Crippen LogP contribution < -0.4 is 5.32 Å². The first kappa shape index (κ1) is 15.9. The molecule has 0 aliphatic rings. The quantitative estimate of drug-likeness (QED) is 0.852. The lowest BCUT2D eigenvalue weighted by atomic mass is 9.98. The SMILES string of the molecule is CCCNC(Cc1ccncc1Cl)c1ccc(C)c(F)c1. The monoisotopic (exact) mass is 306 g/mol. The summed E-state index contributed by atoms with van der Waals surface area (Å²) in [5, 5.41) is 4.11. The van der Waals surface area contributed by atoms with Crippen LogP contribution in [0.25, 0.3) is 0 Å². The summed E-state index contributed by atoms with van der Waals surface area (Å²) in [7, 11) is 0. The number of halogens is 2. The zero-order valence-electron chi connectivity index (χ0n) is 12.4. The van der Waals surface area contributed by atoms with Crippen LogP contribution in [0.3, 0.4) is 0 Å². The lowest BCUT2D eigenvalue weighted by molar-refractivity contribution is 0.523. The van der Waals surface area contributed by atoms with Crippen molar-refractivity contribution in [1.29, 1.82) is 0 Å². The molecule has 1 atom stereocenters. The van der Waals surface area contributed by atoms with E-state index in [2.05, 4.69) is 17.2 Å². The van der Waals surface area contributed by atoms with Crippen LogP contribution in [0.5, 0.6) is 0 Å². The standard InChI is InChI=1S/C17H20ClFN2/c1-3-7-21-17(10-13-6-8-20-11-15(13)18)14-5-4-12(2)16(19)9-14/h4-6,8-9,11,17,21H,3,7,10H2,1-2H3. The number of aryl methyl sites for hydroxylation is 1. The highest BCUT2D eigenvalue weighted by molar-refractivity contribution is 6.31. The molecule has 0 saturated carbocycles. The number of aromatic nitrogens is 1. The largest absolute Gasteiger partial charge is 0.310 e. The van der Waals surface area contributed by atoms with Gasteiger partial charge in [0, 0.05) is 18.4 Å². The minimum absolute atomic E-state index is 0.0416. The highest BCUT2D eigenvalue weighted by Crippen LogP contribution is 2.24. The average Bonchev–Trinajstić information content (AvgIpc) is 2.48. The Kier molecular flexibility index (Phi) is 5.71. The van der Waals surface area contributed by atoms with Gasteiger partial charge in [0.05, 0.1) is 5.02 Å². The van der Waals surface area contributed by atoms with Crippen molar-refractivity contribution in [1.82, 2.24) is 10.3 Å².